The summed E-state index contributed by atoms with van der Waals surface area (Å²) in [5.41, 5.74) is 5.04. The van der Waals surface area contributed by atoms with Crippen molar-refractivity contribution in [1.29, 1.82) is 0 Å². The first-order valence-electron chi connectivity index (χ1n) is 2.44. The van der Waals surface area contributed by atoms with E-state index in [0.29, 0.717) is 0 Å². The minimum absolute atomic E-state index is 0.129. The molecule has 0 aliphatic heterocycles. The van der Waals surface area contributed by atoms with Crippen molar-refractivity contribution in [2.45, 2.75) is 5.78 Å². The summed E-state index contributed by atoms with van der Waals surface area (Å²) in [6, 6.07) is 0. The van der Waals surface area contributed by atoms with Crippen molar-refractivity contribution in [1.82, 2.24) is 5.32 Å². The third-order valence-electron chi connectivity index (χ3n) is 0.845. The SMILES string of the molecule is CNC[C@@H](N)P(=O)(O)O. The lowest BCUT2D eigenvalue weighted by molar-refractivity contribution is 0.357. The average Bonchev–Trinajstić information content (AvgIpc) is 1.64. The Kier molecular flexibility index (Phi) is 3.32. The summed E-state index contributed by atoms with van der Waals surface area (Å²) in [6.45, 7) is 0.129. The zero-order chi connectivity index (χ0) is 7.49. The van der Waals surface area contributed by atoms with Gasteiger partial charge >= 0.3 is 7.60 Å². The fourth-order valence-corrected chi connectivity index (χ4v) is 0.748. The van der Waals surface area contributed by atoms with Gasteiger partial charge in [0.25, 0.3) is 0 Å². The third-order valence-corrected chi connectivity index (χ3v) is 1.89. The van der Waals surface area contributed by atoms with E-state index in [1.807, 2.05) is 0 Å². The molecular formula is C3H11N2O3P. The Hall–Kier alpha value is 0.0700. The highest BCUT2D eigenvalue weighted by Gasteiger charge is 2.22. The van der Waals surface area contributed by atoms with Crippen molar-refractivity contribution < 1.29 is 14.4 Å². The normalized spacial score (nSPS) is 15.6. The van der Waals surface area contributed by atoms with E-state index in [1.165, 1.54) is 0 Å². The van der Waals surface area contributed by atoms with Gasteiger partial charge in [0.15, 0.2) is 0 Å². The van der Waals surface area contributed by atoms with Crippen molar-refractivity contribution >= 4 is 7.60 Å². The first kappa shape index (κ1) is 9.07. The smallest absolute Gasteiger partial charge is 0.323 e. The molecule has 0 radical (unpaired) electrons. The second-order valence-electron chi connectivity index (χ2n) is 1.71. The van der Waals surface area contributed by atoms with Crippen LogP contribution in [0.4, 0.5) is 0 Å². The van der Waals surface area contributed by atoms with Crippen LogP contribution in [0.25, 0.3) is 0 Å². The number of rotatable bonds is 3. The van der Waals surface area contributed by atoms with Crippen molar-refractivity contribution in [2.24, 2.45) is 5.73 Å². The van der Waals surface area contributed by atoms with Gasteiger partial charge in [0.2, 0.25) is 0 Å². The number of nitrogens with two attached hydrogens (primary N) is 1. The van der Waals surface area contributed by atoms with E-state index in [4.69, 9.17) is 15.5 Å². The summed E-state index contributed by atoms with van der Waals surface area (Å²) in [4.78, 5) is 16.7. The van der Waals surface area contributed by atoms with Gasteiger partial charge in [-0.1, -0.05) is 0 Å². The first-order valence-corrected chi connectivity index (χ1v) is 4.12. The van der Waals surface area contributed by atoms with Gasteiger partial charge in [0.05, 0.1) is 0 Å². The van der Waals surface area contributed by atoms with Crippen molar-refractivity contribution in [3.05, 3.63) is 0 Å². The lowest BCUT2D eigenvalue weighted by Crippen LogP contribution is -2.31. The number of nitrogens with one attached hydrogen (secondary N) is 1. The molecule has 0 rings (SSSR count). The summed E-state index contributed by atoms with van der Waals surface area (Å²) in [5.74, 6) is -1.08. The third kappa shape index (κ3) is 3.61. The molecule has 0 bridgehead atoms. The predicted octanol–water partition coefficient (Wildman–Crippen LogP) is -1.33. The molecule has 0 unspecified atom stereocenters. The van der Waals surface area contributed by atoms with Gasteiger partial charge in [-0.3, -0.25) is 4.57 Å². The summed E-state index contributed by atoms with van der Waals surface area (Å²) in [6.07, 6.45) is 0. The molecule has 6 heteroatoms. The molecule has 0 amide bonds. The topological polar surface area (TPSA) is 95.6 Å². The Bertz CT molecular complexity index is 122. The number of likely N-dealkylation sites (N-methyl/N-ethyl adjacent to an activating group) is 1. The maximum absolute atomic E-state index is 10.3. The molecule has 0 aromatic rings. The molecule has 0 heterocycles. The molecule has 5 nitrogen and oxygen atoms in total. The van der Waals surface area contributed by atoms with E-state index in [1.54, 1.807) is 7.05 Å². The van der Waals surface area contributed by atoms with Gasteiger partial charge in [-0.25, -0.2) is 0 Å². The van der Waals surface area contributed by atoms with Gasteiger partial charge in [-0.15, -0.1) is 0 Å². The molecule has 0 aromatic carbocycles. The molecule has 0 saturated carbocycles. The minimum atomic E-state index is -4.06. The van der Waals surface area contributed by atoms with E-state index in [-0.39, 0.29) is 6.54 Å². The molecule has 1 atom stereocenters. The quantitative estimate of drug-likeness (QED) is 0.378. The lowest BCUT2D eigenvalue weighted by Gasteiger charge is -2.11. The molecule has 0 aromatic heterocycles. The largest absolute Gasteiger partial charge is 0.343 e. The zero-order valence-electron chi connectivity index (χ0n) is 5.11. The van der Waals surface area contributed by atoms with Gasteiger partial charge in [-0.05, 0) is 7.05 Å². The average molecular weight is 154 g/mol. The van der Waals surface area contributed by atoms with Crippen LogP contribution in [-0.4, -0.2) is 29.2 Å². The van der Waals surface area contributed by atoms with E-state index < -0.39 is 13.4 Å². The zero-order valence-corrected chi connectivity index (χ0v) is 6.01. The predicted molar refractivity (Wildman–Crippen MR) is 33.9 cm³/mol. The molecule has 0 aliphatic rings. The molecule has 56 valence electrons. The second-order valence-corrected chi connectivity index (χ2v) is 3.56. The summed E-state index contributed by atoms with van der Waals surface area (Å²) in [5, 5.41) is 2.56. The Labute approximate surface area is 53.4 Å². The molecule has 0 saturated heterocycles. The maximum Gasteiger partial charge on any atom is 0.343 e. The summed E-state index contributed by atoms with van der Waals surface area (Å²) < 4.78 is 10.3. The fourth-order valence-electron chi connectivity index (χ4n) is 0.328. The molecule has 9 heavy (non-hydrogen) atoms. The van der Waals surface area contributed by atoms with Crippen molar-refractivity contribution in [2.75, 3.05) is 13.6 Å². The standard InChI is InChI=1S/C3H11N2O3P/c1-5-2-3(4)9(6,7)8/h3,5H,2,4H2,1H3,(H2,6,7,8)/t3-/m0/s1. The van der Waals surface area contributed by atoms with Crippen molar-refractivity contribution in [3.8, 4) is 0 Å². The molecule has 0 aliphatic carbocycles. The fraction of sp³-hybridized carbons (Fsp3) is 1.00. The van der Waals surface area contributed by atoms with Crippen molar-refractivity contribution in [3.63, 3.8) is 0 Å². The number of hydrogen-bond donors (Lipinski definition) is 4. The molecular weight excluding hydrogens is 143 g/mol. The summed E-state index contributed by atoms with van der Waals surface area (Å²) >= 11 is 0. The van der Waals surface area contributed by atoms with E-state index >= 15 is 0 Å². The van der Waals surface area contributed by atoms with Gasteiger partial charge in [0.1, 0.15) is 5.78 Å². The van der Waals surface area contributed by atoms with Crippen LogP contribution >= 0.6 is 7.60 Å². The van der Waals surface area contributed by atoms with Crippen LogP contribution < -0.4 is 11.1 Å². The van der Waals surface area contributed by atoms with Crippen LogP contribution in [0.1, 0.15) is 0 Å². The molecule has 0 fully saturated rings. The Morgan fingerprint density at radius 1 is 1.78 bits per heavy atom. The van der Waals surface area contributed by atoms with E-state index in [0.717, 1.165) is 0 Å². The Balaban J connectivity index is 3.74. The molecule has 5 N–H and O–H groups in total. The van der Waals surface area contributed by atoms with Crippen LogP contribution in [0.5, 0.6) is 0 Å². The molecule has 0 spiro atoms. The van der Waals surface area contributed by atoms with Crippen LogP contribution in [0.15, 0.2) is 0 Å². The minimum Gasteiger partial charge on any atom is -0.323 e. The first-order chi connectivity index (χ1) is 3.98. The highest BCUT2D eigenvalue weighted by atomic mass is 31.2. The number of hydrogen-bond acceptors (Lipinski definition) is 3. The van der Waals surface area contributed by atoms with Crippen LogP contribution in [0, 0.1) is 0 Å². The van der Waals surface area contributed by atoms with Gasteiger partial charge in [-0.2, -0.15) is 0 Å². The second kappa shape index (κ2) is 3.29. The monoisotopic (exact) mass is 154 g/mol. The van der Waals surface area contributed by atoms with Crippen LogP contribution in [0.3, 0.4) is 0 Å². The van der Waals surface area contributed by atoms with E-state index in [9.17, 15) is 4.57 Å². The van der Waals surface area contributed by atoms with E-state index in [2.05, 4.69) is 5.32 Å². The highest BCUT2D eigenvalue weighted by molar-refractivity contribution is 7.52. The van der Waals surface area contributed by atoms with Crippen LogP contribution in [0.2, 0.25) is 0 Å². The Morgan fingerprint density at radius 2 is 2.22 bits per heavy atom. The Morgan fingerprint density at radius 3 is 2.33 bits per heavy atom. The highest BCUT2D eigenvalue weighted by Crippen LogP contribution is 2.37. The maximum atomic E-state index is 10.3. The summed E-state index contributed by atoms with van der Waals surface area (Å²) in [7, 11) is -2.48. The van der Waals surface area contributed by atoms with Crippen LogP contribution in [-0.2, 0) is 4.57 Å². The van der Waals surface area contributed by atoms with Gasteiger partial charge in [0, 0.05) is 6.54 Å². The lowest BCUT2D eigenvalue weighted by atomic mass is 10.6. The van der Waals surface area contributed by atoms with Gasteiger partial charge < -0.3 is 20.8 Å².